The highest BCUT2D eigenvalue weighted by Crippen LogP contribution is 2.21. The van der Waals surface area contributed by atoms with E-state index >= 15 is 0 Å². The monoisotopic (exact) mass is 286 g/mol. The maximum atomic E-state index is 12.0. The van der Waals surface area contributed by atoms with Gasteiger partial charge in [-0.05, 0) is 12.8 Å². The number of methoxy groups -OCH3 is 1. The first-order valence-electron chi connectivity index (χ1n) is 6.78. The largest absolute Gasteiger partial charge is 0.480 e. The Hall–Kier alpha value is -1.79. The zero-order valence-electron chi connectivity index (χ0n) is 11.9. The highest BCUT2D eigenvalue weighted by Gasteiger charge is 2.28. The molecule has 0 bridgehead atoms. The molecule has 2 amide bonds. The van der Waals surface area contributed by atoms with E-state index in [1.54, 1.807) is 7.05 Å². The van der Waals surface area contributed by atoms with Gasteiger partial charge in [0.25, 0.3) is 0 Å². The van der Waals surface area contributed by atoms with Crippen molar-refractivity contribution < 1.29 is 24.2 Å². The first kappa shape index (κ1) is 16.3. The maximum absolute atomic E-state index is 12.0. The number of carboxylic acid groups (broad SMARTS) is 1. The van der Waals surface area contributed by atoms with E-state index in [1.807, 2.05) is 0 Å². The van der Waals surface area contributed by atoms with E-state index in [0.717, 1.165) is 25.7 Å². The lowest BCUT2D eigenvalue weighted by Crippen LogP contribution is -2.50. The predicted octanol–water partition coefficient (Wildman–Crippen LogP) is 0.977. The number of carboxylic acids is 1. The molecule has 0 aliphatic heterocycles. The lowest BCUT2D eigenvalue weighted by Gasteiger charge is -2.32. The maximum Gasteiger partial charge on any atom is 0.326 e. The molecule has 1 aliphatic rings. The second kappa shape index (κ2) is 7.72. The number of rotatable bonds is 5. The third kappa shape index (κ3) is 4.71. The third-order valence-corrected chi connectivity index (χ3v) is 3.64. The molecule has 1 rings (SSSR count). The molecule has 0 spiro atoms. The zero-order chi connectivity index (χ0) is 15.1. The molecule has 0 aromatic heterocycles. The normalized spacial score (nSPS) is 17.1. The van der Waals surface area contributed by atoms with Crippen molar-refractivity contribution in [2.45, 2.75) is 50.6 Å². The summed E-state index contributed by atoms with van der Waals surface area (Å²) in [6, 6.07) is -1.59. The standard InChI is InChI=1S/C13H22N2O5/c1-15(9-6-4-3-5-7-9)13(19)14-10(12(17)18)8-11(16)20-2/h9-10H,3-8H2,1-2H3,(H,14,19)(H,17,18)/t10-/m0/s1. The topological polar surface area (TPSA) is 95.9 Å². The molecule has 1 aliphatic carbocycles. The highest BCUT2D eigenvalue weighted by atomic mass is 16.5. The molecule has 114 valence electrons. The van der Waals surface area contributed by atoms with Crippen LogP contribution in [0.25, 0.3) is 0 Å². The van der Waals surface area contributed by atoms with Gasteiger partial charge in [-0.3, -0.25) is 4.79 Å². The Morgan fingerprint density at radius 2 is 1.90 bits per heavy atom. The van der Waals surface area contributed by atoms with Crippen LogP contribution >= 0.6 is 0 Å². The number of hydrogen-bond acceptors (Lipinski definition) is 4. The summed E-state index contributed by atoms with van der Waals surface area (Å²) in [5, 5.41) is 11.4. The SMILES string of the molecule is COC(=O)C[C@H](NC(=O)N(C)C1CCCCC1)C(=O)O. The Bertz CT molecular complexity index is 366. The number of urea groups is 1. The summed E-state index contributed by atoms with van der Waals surface area (Å²) >= 11 is 0. The molecule has 0 aromatic carbocycles. The smallest absolute Gasteiger partial charge is 0.326 e. The van der Waals surface area contributed by atoms with E-state index in [0.29, 0.717) is 0 Å². The summed E-state index contributed by atoms with van der Waals surface area (Å²) in [5.41, 5.74) is 0. The van der Waals surface area contributed by atoms with Crippen LogP contribution in [0, 0.1) is 0 Å². The molecule has 0 unspecified atom stereocenters. The van der Waals surface area contributed by atoms with E-state index in [-0.39, 0.29) is 12.5 Å². The van der Waals surface area contributed by atoms with Crippen molar-refractivity contribution in [1.82, 2.24) is 10.2 Å². The molecule has 1 fully saturated rings. The zero-order valence-corrected chi connectivity index (χ0v) is 11.9. The number of ether oxygens (including phenoxy) is 1. The van der Waals surface area contributed by atoms with E-state index in [9.17, 15) is 14.4 Å². The van der Waals surface area contributed by atoms with Crippen molar-refractivity contribution in [3.8, 4) is 0 Å². The van der Waals surface area contributed by atoms with E-state index < -0.39 is 24.0 Å². The number of nitrogens with one attached hydrogen (secondary N) is 1. The molecule has 20 heavy (non-hydrogen) atoms. The van der Waals surface area contributed by atoms with Crippen molar-refractivity contribution >= 4 is 18.0 Å². The van der Waals surface area contributed by atoms with Crippen LogP contribution in [0.3, 0.4) is 0 Å². The Morgan fingerprint density at radius 1 is 1.30 bits per heavy atom. The van der Waals surface area contributed by atoms with E-state index in [1.165, 1.54) is 18.4 Å². The minimum Gasteiger partial charge on any atom is -0.480 e. The second-order valence-corrected chi connectivity index (χ2v) is 5.02. The van der Waals surface area contributed by atoms with Crippen LogP contribution in [-0.4, -0.2) is 54.2 Å². The number of aliphatic carboxylic acids is 1. The number of nitrogens with zero attached hydrogens (tertiary/aromatic N) is 1. The molecular formula is C13H22N2O5. The fourth-order valence-corrected chi connectivity index (χ4v) is 2.34. The van der Waals surface area contributed by atoms with Gasteiger partial charge in [0.2, 0.25) is 0 Å². The Balaban J connectivity index is 2.55. The van der Waals surface area contributed by atoms with Crippen LogP contribution in [0.15, 0.2) is 0 Å². The van der Waals surface area contributed by atoms with Gasteiger partial charge in [-0.25, -0.2) is 9.59 Å². The van der Waals surface area contributed by atoms with E-state index in [4.69, 9.17) is 5.11 Å². The number of amides is 2. The average molecular weight is 286 g/mol. The van der Waals surface area contributed by atoms with Crippen LogP contribution in [0.5, 0.6) is 0 Å². The summed E-state index contributed by atoms with van der Waals surface area (Å²) < 4.78 is 4.42. The van der Waals surface area contributed by atoms with Crippen LogP contribution in [0.2, 0.25) is 0 Å². The van der Waals surface area contributed by atoms with Crippen molar-refractivity contribution in [3.63, 3.8) is 0 Å². The molecule has 7 nitrogen and oxygen atoms in total. The quantitative estimate of drug-likeness (QED) is 0.734. The Labute approximate surface area is 118 Å². The number of hydrogen-bond donors (Lipinski definition) is 2. The summed E-state index contributed by atoms with van der Waals surface area (Å²) in [4.78, 5) is 35.7. The van der Waals surface area contributed by atoms with Gasteiger partial charge in [0.15, 0.2) is 0 Å². The van der Waals surface area contributed by atoms with Gasteiger partial charge in [-0.15, -0.1) is 0 Å². The van der Waals surface area contributed by atoms with E-state index in [2.05, 4.69) is 10.1 Å². The molecule has 7 heteroatoms. The van der Waals surface area contributed by atoms with Crippen molar-refractivity contribution in [2.24, 2.45) is 0 Å². The van der Waals surface area contributed by atoms with Crippen molar-refractivity contribution in [2.75, 3.05) is 14.2 Å². The minimum absolute atomic E-state index is 0.135. The summed E-state index contributed by atoms with van der Waals surface area (Å²) in [6.45, 7) is 0. The molecule has 1 atom stereocenters. The second-order valence-electron chi connectivity index (χ2n) is 5.02. The van der Waals surface area contributed by atoms with Gasteiger partial charge in [-0.2, -0.15) is 0 Å². The first-order valence-corrected chi connectivity index (χ1v) is 6.78. The molecule has 0 radical (unpaired) electrons. The fraction of sp³-hybridized carbons (Fsp3) is 0.769. The molecule has 1 saturated carbocycles. The van der Waals surface area contributed by atoms with Crippen molar-refractivity contribution in [3.05, 3.63) is 0 Å². The van der Waals surface area contributed by atoms with Gasteiger partial charge in [0.05, 0.1) is 13.5 Å². The van der Waals surface area contributed by atoms with Gasteiger partial charge >= 0.3 is 18.0 Å². The van der Waals surface area contributed by atoms with Gasteiger partial charge in [0, 0.05) is 13.1 Å². The number of carbonyl (C=O) groups excluding carboxylic acids is 2. The Kier molecular flexibility index (Phi) is 6.27. The van der Waals surface area contributed by atoms with Crippen LogP contribution in [0.1, 0.15) is 38.5 Å². The Morgan fingerprint density at radius 3 is 2.40 bits per heavy atom. The van der Waals surface area contributed by atoms with Crippen molar-refractivity contribution in [1.29, 1.82) is 0 Å². The number of carbonyl (C=O) groups is 3. The third-order valence-electron chi connectivity index (χ3n) is 3.64. The minimum atomic E-state index is -1.26. The number of esters is 1. The molecular weight excluding hydrogens is 264 g/mol. The van der Waals surface area contributed by atoms with Crippen LogP contribution in [0.4, 0.5) is 4.79 Å². The summed E-state index contributed by atoms with van der Waals surface area (Å²) in [5.74, 6) is -1.92. The van der Waals surface area contributed by atoms with Crippen LogP contribution < -0.4 is 5.32 Å². The fourth-order valence-electron chi connectivity index (χ4n) is 2.34. The van der Waals surface area contributed by atoms with Gasteiger partial charge < -0.3 is 20.1 Å². The first-order chi connectivity index (χ1) is 9.45. The molecule has 0 saturated heterocycles. The van der Waals surface area contributed by atoms with Gasteiger partial charge in [0.1, 0.15) is 6.04 Å². The summed E-state index contributed by atoms with van der Waals surface area (Å²) in [7, 11) is 2.83. The predicted molar refractivity (Wildman–Crippen MR) is 71.2 cm³/mol. The van der Waals surface area contributed by atoms with Gasteiger partial charge in [-0.1, -0.05) is 19.3 Å². The van der Waals surface area contributed by atoms with Crippen LogP contribution in [-0.2, 0) is 14.3 Å². The lowest BCUT2D eigenvalue weighted by atomic mass is 9.95. The average Bonchev–Trinajstić information content (AvgIpc) is 2.46. The lowest BCUT2D eigenvalue weighted by molar-refractivity contribution is -0.147. The summed E-state index contributed by atoms with van der Waals surface area (Å²) in [6.07, 6.45) is 4.80. The highest BCUT2D eigenvalue weighted by molar-refractivity contribution is 5.86. The molecule has 0 aromatic rings. The molecule has 0 heterocycles. The molecule has 2 N–H and O–H groups in total.